The highest BCUT2D eigenvalue weighted by atomic mass is 16.5. The molecule has 6 heteroatoms. The van der Waals surface area contributed by atoms with E-state index in [0.717, 1.165) is 11.1 Å². The highest BCUT2D eigenvalue weighted by Gasteiger charge is 2.25. The summed E-state index contributed by atoms with van der Waals surface area (Å²) in [6.45, 7) is 0. The van der Waals surface area contributed by atoms with Crippen molar-refractivity contribution in [3.05, 3.63) is 70.8 Å². The van der Waals surface area contributed by atoms with Gasteiger partial charge in [-0.3, -0.25) is 0 Å². The number of carboxylic acids is 2. The van der Waals surface area contributed by atoms with Crippen LogP contribution in [0.4, 0.5) is 0 Å². The van der Waals surface area contributed by atoms with E-state index in [-0.39, 0.29) is 11.1 Å². The molecule has 0 aliphatic rings. The average molecular weight is 330 g/mol. The lowest BCUT2D eigenvalue weighted by molar-refractivity contribution is -0.0397. The first-order valence-electron chi connectivity index (χ1n) is 7.20. The molecule has 126 valence electrons. The van der Waals surface area contributed by atoms with Crippen LogP contribution in [-0.2, 0) is 9.47 Å². The molecule has 0 saturated carbocycles. The van der Waals surface area contributed by atoms with Gasteiger partial charge in [-0.15, -0.1) is 0 Å². The fourth-order valence-electron chi connectivity index (χ4n) is 2.50. The van der Waals surface area contributed by atoms with Crippen molar-refractivity contribution in [3.63, 3.8) is 0 Å². The van der Waals surface area contributed by atoms with Gasteiger partial charge in [0.25, 0.3) is 0 Å². The van der Waals surface area contributed by atoms with Gasteiger partial charge in [-0.2, -0.15) is 0 Å². The summed E-state index contributed by atoms with van der Waals surface area (Å²) in [6, 6.07) is 12.7. The molecule has 0 aromatic heterocycles. The lowest BCUT2D eigenvalue weighted by atomic mass is 9.96. The van der Waals surface area contributed by atoms with Crippen molar-refractivity contribution in [2.24, 2.45) is 0 Å². The molecule has 2 aromatic rings. The lowest BCUT2D eigenvalue weighted by Gasteiger charge is -2.26. The molecule has 0 spiro atoms. The number of rotatable bonds is 7. The van der Waals surface area contributed by atoms with E-state index in [0.29, 0.717) is 0 Å². The Balaban J connectivity index is 2.31. The molecule has 6 nitrogen and oxygen atoms in total. The number of carboxylic acid groups (broad SMARTS) is 2. The standard InChI is InChI=1S/C18H18O6/c1-23-15(11-3-7-13(8-4-11)17(19)20)16(24-2)12-5-9-14(10-6-12)18(21)22/h3-10,15-16H,1-2H3,(H,19,20)(H,21,22)/t15-,16-/m0/s1. The average Bonchev–Trinajstić information content (AvgIpc) is 2.59. The summed E-state index contributed by atoms with van der Waals surface area (Å²) in [6.07, 6.45) is -0.929. The van der Waals surface area contributed by atoms with E-state index in [2.05, 4.69) is 0 Å². The molecule has 0 fully saturated rings. The van der Waals surface area contributed by atoms with E-state index < -0.39 is 24.1 Å². The number of methoxy groups -OCH3 is 2. The van der Waals surface area contributed by atoms with Crippen LogP contribution >= 0.6 is 0 Å². The number of aromatic carboxylic acids is 2. The minimum atomic E-state index is -0.997. The molecule has 2 aromatic carbocycles. The molecule has 24 heavy (non-hydrogen) atoms. The minimum absolute atomic E-state index is 0.188. The zero-order chi connectivity index (χ0) is 17.7. The van der Waals surface area contributed by atoms with Crippen LogP contribution in [0, 0.1) is 0 Å². The summed E-state index contributed by atoms with van der Waals surface area (Å²) < 4.78 is 11.1. The molecule has 0 heterocycles. The van der Waals surface area contributed by atoms with E-state index in [1.807, 2.05) is 0 Å². The van der Waals surface area contributed by atoms with Gasteiger partial charge in [0, 0.05) is 14.2 Å². The molecule has 0 aliphatic carbocycles. The third-order valence-corrected chi connectivity index (χ3v) is 3.76. The predicted octanol–water partition coefficient (Wildman–Crippen LogP) is 3.16. The minimum Gasteiger partial charge on any atom is -0.478 e. The largest absolute Gasteiger partial charge is 0.478 e. The maximum absolute atomic E-state index is 10.9. The van der Waals surface area contributed by atoms with E-state index >= 15 is 0 Å². The quantitative estimate of drug-likeness (QED) is 0.810. The summed E-state index contributed by atoms with van der Waals surface area (Å²) in [7, 11) is 3.07. The Morgan fingerprint density at radius 3 is 1.21 bits per heavy atom. The first-order chi connectivity index (χ1) is 11.5. The van der Waals surface area contributed by atoms with Gasteiger partial charge in [0.05, 0.1) is 11.1 Å². The Hall–Kier alpha value is -2.70. The van der Waals surface area contributed by atoms with Gasteiger partial charge in [0.1, 0.15) is 12.2 Å². The zero-order valence-corrected chi connectivity index (χ0v) is 13.3. The van der Waals surface area contributed by atoms with E-state index in [9.17, 15) is 9.59 Å². The smallest absolute Gasteiger partial charge is 0.335 e. The third-order valence-electron chi connectivity index (χ3n) is 3.76. The van der Waals surface area contributed by atoms with Crippen LogP contribution in [0.5, 0.6) is 0 Å². The molecule has 2 atom stereocenters. The first kappa shape index (κ1) is 17.7. The second-order valence-electron chi connectivity index (χ2n) is 5.17. The maximum Gasteiger partial charge on any atom is 0.335 e. The number of hydrogen-bond acceptors (Lipinski definition) is 4. The highest BCUT2D eigenvalue weighted by Crippen LogP contribution is 2.34. The molecule has 0 aliphatic heterocycles. The Morgan fingerprint density at radius 1 is 0.708 bits per heavy atom. The third kappa shape index (κ3) is 3.79. The van der Waals surface area contributed by atoms with Crippen molar-refractivity contribution in [2.75, 3.05) is 14.2 Å². The second-order valence-corrected chi connectivity index (χ2v) is 5.17. The van der Waals surface area contributed by atoms with Gasteiger partial charge in [-0.25, -0.2) is 9.59 Å². The van der Waals surface area contributed by atoms with E-state index in [4.69, 9.17) is 19.7 Å². The lowest BCUT2D eigenvalue weighted by Crippen LogP contribution is -2.15. The van der Waals surface area contributed by atoms with Crippen molar-refractivity contribution in [3.8, 4) is 0 Å². The van der Waals surface area contributed by atoms with Crippen LogP contribution < -0.4 is 0 Å². The normalized spacial score (nSPS) is 13.2. The molecule has 0 radical (unpaired) electrons. The van der Waals surface area contributed by atoms with Gasteiger partial charge in [-0.1, -0.05) is 24.3 Å². The van der Waals surface area contributed by atoms with Crippen LogP contribution in [0.1, 0.15) is 44.1 Å². The Labute approximate surface area is 139 Å². The number of carbonyl (C=O) groups is 2. The second kappa shape index (κ2) is 7.72. The molecule has 0 amide bonds. The van der Waals surface area contributed by atoms with Crippen LogP contribution in [0.2, 0.25) is 0 Å². The Kier molecular flexibility index (Phi) is 5.68. The SMILES string of the molecule is CO[C@@H](c1ccc(C(=O)O)cc1)[C@@H](OC)c1ccc(C(=O)O)cc1. The predicted molar refractivity (Wildman–Crippen MR) is 86.3 cm³/mol. The van der Waals surface area contributed by atoms with Gasteiger partial charge < -0.3 is 19.7 Å². The summed E-state index contributed by atoms with van der Waals surface area (Å²) >= 11 is 0. The van der Waals surface area contributed by atoms with Crippen molar-refractivity contribution < 1.29 is 29.3 Å². The maximum atomic E-state index is 10.9. The Bertz CT molecular complexity index is 642. The van der Waals surface area contributed by atoms with Gasteiger partial charge >= 0.3 is 11.9 Å². The number of ether oxygens (including phenoxy) is 2. The zero-order valence-electron chi connectivity index (χ0n) is 13.3. The summed E-state index contributed by atoms with van der Waals surface area (Å²) in [4.78, 5) is 21.9. The summed E-state index contributed by atoms with van der Waals surface area (Å²) in [5.41, 5.74) is 1.90. The monoisotopic (exact) mass is 330 g/mol. The first-order valence-corrected chi connectivity index (χ1v) is 7.20. The fraction of sp³-hybridized carbons (Fsp3) is 0.222. The molecular formula is C18H18O6. The highest BCUT2D eigenvalue weighted by molar-refractivity contribution is 5.88. The van der Waals surface area contributed by atoms with Crippen LogP contribution in [0.3, 0.4) is 0 Å². The van der Waals surface area contributed by atoms with Crippen molar-refractivity contribution >= 4 is 11.9 Å². The molecular weight excluding hydrogens is 312 g/mol. The number of hydrogen-bond donors (Lipinski definition) is 2. The molecule has 0 bridgehead atoms. The molecule has 0 unspecified atom stereocenters. The van der Waals surface area contributed by atoms with Gasteiger partial charge in [0.15, 0.2) is 0 Å². The van der Waals surface area contributed by atoms with Crippen molar-refractivity contribution in [1.82, 2.24) is 0 Å². The Morgan fingerprint density at radius 2 is 1.00 bits per heavy atom. The van der Waals surface area contributed by atoms with Gasteiger partial charge in [-0.05, 0) is 35.4 Å². The van der Waals surface area contributed by atoms with Crippen LogP contribution in [0.15, 0.2) is 48.5 Å². The summed E-state index contributed by atoms with van der Waals surface area (Å²) in [5.74, 6) is -1.99. The molecule has 2 N–H and O–H groups in total. The van der Waals surface area contributed by atoms with Gasteiger partial charge in [0.2, 0.25) is 0 Å². The van der Waals surface area contributed by atoms with E-state index in [1.54, 1.807) is 24.3 Å². The van der Waals surface area contributed by atoms with Crippen LogP contribution in [0.25, 0.3) is 0 Å². The summed E-state index contributed by atoms with van der Waals surface area (Å²) in [5, 5.41) is 17.9. The number of benzene rings is 2. The van der Waals surface area contributed by atoms with Crippen molar-refractivity contribution in [2.45, 2.75) is 12.2 Å². The topological polar surface area (TPSA) is 93.1 Å². The molecule has 2 rings (SSSR count). The van der Waals surface area contributed by atoms with E-state index in [1.165, 1.54) is 38.5 Å². The van der Waals surface area contributed by atoms with Crippen molar-refractivity contribution in [1.29, 1.82) is 0 Å². The van der Waals surface area contributed by atoms with Crippen LogP contribution in [-0.4, -0.2) is 36.4 Å². The fourth-order valence-corrected chi connectivity index (χ4v) is 2.50. The molecule has 0 saturated heterocycles.